The van der Waals surface area contributed by atoms with Crippen molar-refractivity contribution in [3.63, 3.8) is 0 Å². The molecule has 0 radical (unpaired) electrons. The number of nitrogens with zero attached hydrogens (tertiary/aromatic N) is 2. The lowest BCUT2D eigenvalue weighted by molar-refractivity contribution is 0.329. The van der Waals surface area contributed by atoms with E-state index in [1.165, 1.54) is 0 Å². The Kier molecular flexibility index (Phi) is 4.17. The molecule has 0 saturated carbocycles. The molecule has 1 aromatic carbocycles. The van der Waals surface area contributed by atoms with E-state index in [2.05, 4.69) is 0 Å². The minimum absolute atomic E-state index is 0.232. The van der Waals surface area contributed by atoms with Gasteiger partial charge in [-0.15, -0.1) is 0 Å². The zero-order valence-corrected chi connectivity index (χ0v) is 9.28. The van der Waals surface area contributed by atoms with Gasteiger partial charge in [0.25, 0.3) is 0 Å². The first kappa shape index (κ1) is 11.9. The number of ether oxygens (including phenoxy) is 2. The van der Waals surface area contributed by atoms with Crippen LogP contribution < -0.4 is 9.47 Å². The molecule has 0 atom stereocenters. The van der Waals surface area contributed by atoms with E-state index in [1.54, 1.807) is 12.1 Å². The van der Waals surface area contributed by atoms with E-state index >= 15 is 0 Å². The monoisotopic (exact) mass is 216 g/mol. The van der Waals surface area contributed by atoms with Crippen molar-refractivity contribution in [1.82, 2.24) is 0 Å². The van der Waals surface area contributed by atoms with Gasteiger partial charge >= 0.3 is 0 Å². The lowest BCUT2D eigenvalue weighted by Crippen LogP contribution is -2.00. The highest BCUT2D eigenvalue weighted by Gasteiger charge is 2.14. The molecule has 0 N–H and O–H groups in total. The van der Waals surface area contributed by atoms with Crippen LogP contribution in [0.2, 0.25) is 0 Å². The summed E-state index contributed by atoms with van der Waals surface area (Å²) in [6.07, 6.45) is 0. The minimum Gasteiger partial charge on any atom is -0.492 e. The largest absolute Gasteiger partial charge is 0.492 e. The molecule has 0 aliphatic rings. The molecule has 0 spiro atoms. The van der Waals surface area contributed by atoms with Gasteiger partial charge in [-0.25, -0.2) is 0 Å². The van der Waals surface area contributed by atoms with Crippen molar-refractivity contribution in [3.8, 4) is 23.6 Å². The Morgan fingerprint density at radius 2 is 1.31 bits per heavy atom. The van der Waals surface area contributed by atoms with Crippen molar-refractivity contribution < 1.29 is 9.47 Å². The molecule has 0 saturated heterocycles. The second kappa shape index (κ2) is 5.63. The van der Waals surface area contributed by atoms with Gasteiger partial charge in [0.15, 0.2) is 0 Å². The molecular formula is C12H12N2O2. The van der Waals surface area contributed by atoms with Crippen molar-refractivity contribution in [3.05, 3.63) is 23.3 Å². The summed E-state index contributed by atoms with van der Waals surface area (Å²) in [6, 6.07) is 7.24. The normalized spacial score (nSPS) is 9.00. The van der Waals surface area contributed by atoms with Gasteiger partial charge < -0.3 is 9.47 Å². The van der Waals surface area contributed by atoms with Gasteiger partial charge in [-0.1, -0.05) is 0 Å². The fourth-order valence-electron chi connectivity index (χ4n) is 1.34. The SMILES string of the molecule is CCOc1ccc(OCC)c(C#N)c1C#N. The number of hydrogen-bond donors (Lipinski definition) is 0. The maximum atomic E-state index is 9.01. The Balaban J connectivity index is 3.31. The van der Waals surface area contributed by atoms with Gasteiger partial charge in [-0.2, -0.15) is 10.5 Å². The van der Waals surface area contributed by atoms with Crippen LogP contribution in [-0.2, 0) is 0 Å². The van der Waals surface area contributed by atoms with E-state index in [4.69, 9.17) is 20.0 Å². The molecule has 0 bridgehead atoms. The van der Waals surface area contributed by atoms with Gasteiger partial charge in [-0.05, 0) is 26.0 Å². The van der Waals surface area contributed by atoms with Crippen LogP contribution in [-0.4, -0.2) is 13.2 Å². The zero-order valence-electron chi connectivity index (χ0n) is 9.28. The maximum absolute atomic E-state index is 9.01. The van der Waals surface area contributed by atoms with E-state index in [0.29, 0.717) is 24.7 Å². The molecule has 82 valence electrons. The summed E-state index contributed by atoms with van der Waals surface area (Å²) in [4.78, 5) is 0. The summed E-state index contributed by atoms with van der Waals surface area (Å²) in [5.41, 5.74) is 0.464. The average Bonchev–Trinajstić information content (AvgIpc) is 2.31. The van der Waals surface area contributed by atoms with Crippen LogP contribution in [0.5, 0.6) is 11.5 Å². The zero-order chi connectivity index (χ0) is 12.0. The summed E-state index contributed by atoms with van der Waals surface area (Å²) < 4.78 is 10.5. The Morgan fingerprint density at radius 3 is 1.56 bits per heavy atom. The number of benzene rings is 1. The second-order valence-electron chi connectivity index (χ2n) is 2.90. The first-order chi connectivity index (χ1) is 7.78. The molecule has 4 heteroatoms. The molecule has 0 unspecified atom stereocenters. The molecule has 0 fully saturated rings. The fraction of sp³-hybridized carbons (Fsp3) is 0.333. The predicted octanol–water partition coefficient (Wildman–Crippen LogP) is 2.23. The van der Waals surface area contributed by atoms with Crippen LogP contribution in [0.15, 0.2) is 12.1 Å². The lowest BCUT2D eigenvalue weighted by Gasteiger charge is -2.10. The molecular weight excluding hydrogens is 204 g/mol. The Labute approximate surface area is 94.6 Å². The van der Waals surface area contributed by atoms with Crippen LogP contribution in [0.3, 0.4) is 0 Å². The topological polar surface area (TPSA) is 66.0 Å². The third-order valence-corrected chi connectivity index (χ3v) is 1.95. The maximum Gasteiger partial charge on any atom is 0.138 e. The average molecular weight is 216 g/mol. The third-order valence-electron chi connectivity index (χ3n) is 1.95. The highest BCUT2D eigenvalue weighted by molar-refractivity contribution is 5.60. The molecule has 4 nitrogen and oxygen atoms in total. The summed E-state index contributed by atoms with van der Waals surface area (Å²) in [7, 11) is 0. The van der Waals surface area contributed by atoms with E-state index < -0.39 is 0 Å². The van der Waals surface area contributed by atoms with Crippen LogP contribution in [0.4, 0.5) is 0 Å². The highest BCUT2D eigenvalue weighted by Crippen LogP contribution is 2.29. The standard InChI is InChI=1S/C12H12N2O2/c1-3-15-11-5-6-12(16-4-2)10(8-14)9(11)7-13/h5-6H,3-4H2,1-2H3. The van der Waals surface area contributed by atoms with E-state index in [9.17, 15) is 0 Å². The predicted molar refractivity (Wildman–Crippen MR) is 58.2 cm³/mol. The first-order valence-corrected chi connectivity index (χ1v) is 5.01. The molecule has 16 heavy (non-hydrogen) atoms. The van der Waals surface area contributed by atoms with Crippen molar-refractivity contribution in [2.24, 2.45) is 0 Å². The number of nitriles is 2. The van der Waals surface area contributed by atoms with Crippen LogP contribution in [0.1, 0.15) is 25.0 Å². The Bertz CT molecular complexity index is 412. The van der Waals surface area contributed by atoms with E-state index in [-0.39, 0.29) is 11.1 Å². The van der Waals surface area contributed by atoms with Crippen LogP contribution in [0, 0.1) is 22.7 Å². The van der Waals surface area contributed by atoms with Gasteiger partial charge in [0, 0.05) is 0 Å². The van der Waals surface area contributed by atoms with E-state index in [1.807, 2.05) is 26.0 Å². The number of rotatable bonds is 4. The Hall–Kier alpha value is -2.20. The molecule has 0 heterocycles. The fourth-order valence-corrected chi connectivity index (χ4v) is 1.34. The number of hydrogen-bond acceptors (Lipinski definition) is 4. The Morgan fingerprint density at radius 1 is 0.938 bits per heavy atom. The minimum atomic E-state index is 0.232. The molecule has 0 aliphatic carbocycles. The molecule has 0 aliphatic heterocycles. The van der Waals surface area contributed by atoms with Gasteiger partial charge in [0.05, 0.1) is 13.2 Å². The molecule has 0 amide bonds. The van der Waals surface area contributed by atoms with E-state index in [0.717, 1.165) is 0 Å². The summed E-state index contributed by atoms with van der Waals surface area (Å²) in [5, 5.41) is 18.0. The lowest BCUT2D eigenvalue weighted by atomic mass is 10.1. The second-order valence-corrected chi connectivity index (χ2v) is 2.90. The van der Waals surface area contributed by atoms with Crippen molar-refractivity contribution in [2.45, 2.75) is 13.8 Å². The molecule has 1 rings (SSSR count). The van der Waals surface area contributed by atoms with Crippen molar-refractivity contribution in [2.75, 3.05) is 13.2 Å². The summed E-state index contributed by atoms with van der Waals surface area (Å²) >= 11 is 0. The highest BCUT2D eigenvalue weighted by atomic mass is 16.5. The molecule has 0 aromatic heterocycles. The smallest absolute Gasteiger partial charge is 0.138 e. The van der Waals surface area contributed by atoms with Crippen molar-refractivity contribution in [1.29, 1.82) is 10.5 Å². The van der Waals surface area contributed by atoms with Gasteiger partial charge in [0.2, 0.25) is 0 Å². The summed E-state index contributed by atoms with van der Waals surface area (Å²) in [6.45, 7) is 4.55. The third kappa shape index (κ3) is 2.24. The summed E-state index contributed by atoms with van der Waals surface area (Å²) in [5.74, 6) is 0.843. The van der Waals surface area contributed by atoms with Crippen LogP contribution in [0.25, 0.3) is 0 Å². The van der Waals surface area contributed by atoms with Gasteiger partial charge in [0.1, 0.15) is 34.8 Å². The quantitative estimate of drug-likeness (QED) is 0.774. The molecule has 1 aromatic rings. The first-order valence-electron chi connectivity index (χ1n) is 5.01. The van der Waals surface area contributed by atoms with Crippen molar-refractivity contribution >= 4 is 0 Å². The van der Waals surface area contributed by atoms with Crippen LogP contribution >= 0.6 is 0 Å². The van der Waals surface area contributed by atoms with Gasteiger partial charge in [-0.3, -0.25) is 0 Å².